The smallest absolute Gasteiger partial charge is 0.419 e. The standard InChI is InChI=1S/C24H24F3NO5/c1-31-18-9-5-14(6-10-18)21(23(30)33-3)15-4-8-17(12-15)28-22(29)16-7-11-20(32-2)19(13-16)24(25,26)27/h4-11,13,15,17,21H,12H2,1-3H3,(H,28,29). The van der Waals surface area contributed by atoms with E-state index in [0.29, 0.717) is 12.2 Å². The largest absolute Gasteiger partial charge is 0.497 e. The first-order valence-electron chi connectivity index (χ1n) is 10.1. The molecule has 0 spiro atoms. The molecule has 6 nitrogen and oxygen atoms in total. The van der Waals surface area contributed by atoms with Gasteiger partial charge < -0.3 is 19.5 Å². The Bertz CT molecular complexity index is 1030. The van der Waals surface area contributed by atoms with E-state index in [0.717, 1.165) is 24.8 Å². The molecule has 3 unspecified atom stereocenters. The Morgan fingerprint density at radius 3 is 2.27 bits per heavy atom. The van der Waals surface area contributed by atoms with E-state index in [-0.39, 0.29) is 17.2 Å². The molecule has 0 saturated heterocycles. The molecule has 1 amide bonds. The average Bonchev–Trinajstić information content (AvgIpc) is 3.26. The lowest BCUT2D eigenvalue weighted by Gasteiger charge is -2.22. The van der Waals surface area contributed by atoms with Gasteiger partial charge >= 0.3 is 12.1 Å². The fourth-order valence-electron chi connectivity index (χ4n) is 3.90. The summed E-state index contributed by atoms with van der Waals surface area (Å²) in [7, 11) is 3.98. The molecule has 2 aromatic carbocycles. The van der Waals surface area contributed by atoms with E-state index in [1.54, 1.807) is 37.5 Å². The zero-order valence-corrected chi connectivity index (χ0v) is 18.3. The molecule has 0 radical (unpaired) electrons. The lowest BCUT2D eigenvalue weighted by molar-refractivity contribution is -0.143. The van der Waals surface area contributed by atoms with Crippen LogP contribution in [0.4, 0.5) is 13.2 Å². The maximum atomic E-state index is 13.3. The van der Waals surface area contributed by atoms with Crippen LogP contribution in [0.15, 0.2) is 54.6 Å². The van der Waals surface area contributed by atoms with E-state index in [9.17, 15) is 22.8 Å². The summed E-state index contributed by atoms with van der Waals surface area (Å²) in [6.07, 6.45) is -0.728. The average molecular weight is 463 g/mol. The Morgan fingerprint density at radius 2 is 1.70 bits per heavy atom. The Balaban J connectivity index is 1.74. The number of alkyl halides is 3. The van der Waals surface area contributed by atoms with Crippen LogP contribution in [0.3, 0.4) is 0 Å². The number of benzene rings is 2. The number of amides is 1. The number of hydrogen-bond acceptors (Lipinski definition) is 5. The lowest BCUT2D eigenvalue weighted by atomic mass is 9.85. The number of rotatable bonds is 7. The third-order valence-electron chi connectivity index (χ3n) is 5.56. The quantitative estimate of drug-likeness (QED) is 0.488. The third kappa shape index (κ3) is 5.47. The van der Waals surface area contributed by atoms with Gasteiger partial charge in [-0.3, -0.25) is 9.59 Å². The summed E-state index contributed by atoms with van der Waals surface area (Å²) < 4.78 is 54.7. The SMILES string of the molecule is COC(=O)C(c1ccc(OC)cc1)C1C=CC(NC(=O)c2ccc(OC)c(C(F)(F)F)c2)C1. The monoisotopic (exact) mass is 463 g/mol. The van der Waals surface area contributed by atoms with Gasteiger partial charge in [-0.15, -0.1) is 0 Å². The van der Waals surface area contributed by atoms with Gasteiger partial charge in [0, 0.05) is 11.6 Å². The molecule has 0 saturated carbocycles. The Morgan fingerprint density at radius 1 is 1.00 bits per heavy atom. The van der Waals surface area contributed by atoms with Gasteiger partial charge in [0.1, 0.15) is 11.5 Å². The van der Waals surface area contributed by atoms with Crippen molar-refractivity contribution in [3.8, 4) is 11.5 Å². The zero-order chi connectivity index (χ0) is 24.2. The molecule has 0 aliphatic heterocycles. The van der Waals surface area contributed by atoms with Gasteiger partial charge in [0.15, 0.2) is 0 Å². The molecule has 3 atom stereocenters. The summed E-state index contributed by atoms with van der Waals surface area (Å²) >= 11 is 0. The Labute approximate surface area is 189 Å². The number of allylic oxidation sites excluding steroid dienone is 1. The van der Waals surface area contributed by atoms with Crippen LogP contribution in [0.2, 0.25) is 0 Å². The van der Waals surface area contributed by atoms with Crippen molar-refractivity contribution < 1.29 is 37.0 Å². The molecule has 1 N–H and O–H groups in total. The van der Waals surface area contributed by atoms with Crippen LogP contribution in [0, 0.1) is 5.92 Å². The first kappa shape index (κ1) is 24.2. The number of methoxy groups -OCH3 is 3. The minimum atomic E-state index is -4.66. The van der Waals surface area contributed by atoms with Gasteiger partial charge in [0.2, 0.25) is 0 Å². The van der Waals surface area contributed by atoms with Crippen molar-refractivity contribution in [2.24, 2.45) is 5.92 Å². The third-order valence-corrected chi connectivity index (χ3v) is 5.56. The molecule has 0 bridgehead atoms. The summed E-state index contributed by atoms with van der Waals surface area (Å²) in [5, 5.41) is 2.72. The highest BCUT2D eigenvalue weighted by atomic mass is 19.4. The van der Waals surface area contributed by atoms with E-state index >= 15 is 0 Å². The van der Waals surface area contributed by atoms with E-state index in [4.69, 9.17) is 14.2 Å². The van der Waals surface area contributed by atoms with Gasteiger partial charge in [-0.1, -0.05) is 24.3 Å². The number of carbonyl (C=O) groups excluding carboxylic acids is 2. The summed E-state index contributed by atoms with van der Waals surface area (Å²) in [6, 6.07) is 9.72. The number of esters is 1. The zero-order valence-electron chi connectivity index (χ0n) is 18.3. The molecule has 33 heavy (non-hydrogen) atoms. The van der Waals surface area contributed by atoms with Crippen molar-refractivity contribution in [1.82, 2.24) is 5.32 Å². The number of hydrogen-bond donors (Lipinski definition) is 1. The normalized spacial score (nSPS) is 18.5. The topological polar surface area (TPSA) is 73.9 Å². The fourth-order valence-corrected chi connectivity index (χ4v) is 3.90. The maximum absolute atomic E-state index is 13.3. The van der Waals surface area contributed by atoms with Crippen molar-refractivity contribution in [3.05, 3.63) is 71.3 Å². The van der Waals surface area contributed by atoms with Crippen molar-refractivity contribution in [3.63, 3.8) is 0 Å². The summed E-state index contributed by atoms with van der Waals surface area (Å²) in [6.45, 7) is 0. The van der Waals surface area contributed by atoms with Gasteiger partial charge in [-0.25, -0.2) is 0 Å². The summed E-state index contributed by atoms with van der Waals surface area (Å²) in [5.41, 5.74) is -0.434. The van der Waals surface area contributed by atoms with E-state index in [2.05, 4.69) is 5.32 Å². The van der Waals surface area contributed by atoms with Crippen LogP contribution in [0.25, 0.3) is 0 Å². The van der Waals surface area contributed by atoms with Gasteiger partial charge in [-0.2, -0.15) is 13.2 Å². The van der Waals surface area contributed by atoms with Crippen LogP contribution in [-0.2, 0) is 15.7 Å². The van der Waals surface area contributed by atoms with Crippen molar-refractivity contribution >= 4 is 11.9 Å². The second-order valence-corrected chi connectivity index (χ2v) is 7.55. The second-order valence-electron chi connectivity index (χ2n) is 7.55. The molecule has 9 heteroatoms. The Hall–Kier alpha value is -3.49. The molecule has 3 rings (SSSR count). The molecule has 1 aliphatic rings. The van der Waals surface area contributed by atoms with Crippen LogP contribution < -0.4 is 14.8 Å². The molecule has 176 valence electrons. The summed E-state index contributed by atoms with van der Waals surface area (Å²) in [4.78, 5) is 25.1. The van der Waals surface area contributed by atoms with Crippen molar-refractivity contribution in [2.75, 3.05) is 21.3 Å². The molecule has 0 heterocycles. The maximum Gasteiger partial charge on any atom is 0.419 e. The highest BCUT2D eigenvalue weighted by molar-refractivity contribution is 5.95. The molecule has 1 aliphatic carbocycles. The molecule has 0 fully saturated rings. The van der Waals surface area contributed by atoms with Crippen molar-refractivity contribution in [2.45, 2.75) is 24.6 Å². The molecular weight excluding hydrogens is 439 g/mol. The predicted molar refractivity (Wildman–Crippen MR) is 114 cm³/mol. The summed E-state index contributed by atoms with van der Waals surface area (Å²) in [5.74, 6) is -1.66. The van der Waals surface area contributed by atoms with Crippen LogP contribution >= 0.6 is 0 Å². The molecule has 2 aromatic rings. The van der Waals surface area contributed by atoms with Gasteiger partial charge in [0.05, 0.1) is 32.8 Å². The van der Waals surface area contributed by atoms with Crippen LogP contribution in [0.1, 0.15) is 33.8 Å². The van der Waals surface area contributed by atoms with Crippen LogP contribution in [-0.4, -0.2) is 39.2 Å². The van der Waals surface area contributed by atoms with E-state index in [1.807, 2.05) is 6.08 Å². The molecule has 0 aromatic heterocycles. The van der Waals surface area contributed by atoms with Gasteiger partial charge in [0.25, 0.3) is 5.91 Å². The fraction of sp³-hybridized carbons (Fsp3) is 0.333. The van der Waals surface area contributed by atoms with Gasteiger partial charge in [-0.05, 0) is 48.2 Å². The van der Waals surface area contributed by atoms with Crippen LogP contribution in [0.5, 0.6) is 11.5 Å². The number of ether oxygens (including phenoxy) is 3. The first-order valence-corrected chi connectivity index (χ1v) is 10.1. The minimum Gasteiger partial charge on any atom is -0.497 e. The number of carbonyl (C=O) groups is 2. The highest BCUT2D eigenvalue weighted by Gasteiger charge is 2.36. The number of halogens is 3. The highest BCUT2D eigenvalue weighted by Crippen LogP contribution is 2.37. The van der Waals surface area contributed by atoms with E-state index in [1.165, 1.54) is 13.2 Å². The Kier molecular flexibility index (Phi) is 7.30. The number of nitrogens with one attached hydrogen (secondary N) is 1. The minimum absolute atomic E-state index is 0.139. The first-order chi connectivity index (χ1) is 15.7. The second kappa shape index (κ2) is 9.97. The van der Waals surface area contributed by atoms with E-state index < -0.39 is 35.6 Å². The molecular formula is C24H24F3NO5. The lowest BCUT2D eigenvalue weighted by Crippen LogP contribution is -2.34. The van der Waals surface area contributed by atoms with Crippen molar-refractivity contribution in [1.29, 1.82) is 0 Å². The predicted octanol–water partition coefficient (Wildman–Crippen LogP) is 4.35.